The summed E-state index contributed by atoms with van der Waals surface area (Å²) in [6.07, 6.45) is 10.8. The summed E-state index contributed by atoms with van der Waals surface area (Å²) in [6, 6.07) is 41.7. The molecule has 0 saturated carbocycles. The minimum atomic E-state index is -0.364. The van der Waals surface area contributed by atoms with Gasteiger partial charge in [0.25, 0.3) is 11.8 Å². The molecule has 8 atom stereocenters. The highest BCUT2D eigenvalue weighted by atomic mass is 35.5. The molecule has 4 saturated heterocycles. The lowest BCUT2D eigenvalue weighted by molar-refractivity contribution is -0.134. The normalized spacial score (nSPS) is 20.3. The number of carbonyl (C=O) groups is 6. The van der Waals surface area contributed by atoms with Gasteiger partial charge in [0.1, 0.15) is 0 Å². The summed E-state index contributed by atoms with van der Waals surface area (Å²) in [7, 11) is 0. The average Bonchev–Trinajstić information content (AvgIpc) is 1.65. The maximum Gasteiger partial charge on any atom is 0.251 e. The Morgan fingerprint density at radius 3 is 1.37 bits per heavy atom. The molecule has 0 radical (unpaired) electrons. The minimum Gasteiger partial charge on any atom is -0.351 e. The zero-order chi connectivity index (χ0) is 73.1. The van der Waals surface area contributed by atoms with Crippen molar-refractivity contribution in [3.05, 3.63) is 214 Å². The van der Waals surface area contributed by atoms with Crippen molar-refractivity contribution in [3.63, 3.8) is 0 Å². The van der Waals surface area contributed by atoms with Crippen LogP contribution in [0.15, 0.2) is 146 Å². The van der Waals surface area contributed by atoms with Gasteiger partial charge in [0.05, 0.1) is 38.2 Å². The van der Waals surface area contributed by atoms with Gasteiger partial charge in [0.2, 0.25) is 23.6 Å². The van der Waals surface area contributed by atoms with Crippen LogP contribution in [0.2, 0.25) is 35.2 Å². The summed E-state index contributed by atoms with van der Waals surface area (Å²) in [6.45, 7) is 12.6. The monoisotopic (exact) mass is 1530 g/mol. The maximum atomic E-state index is 13.5. The number of nitrogens with zero attached hydrogens (tertiary/aromatic N) is 4. The number of nitrogens with two attached hydrogens (primary N) is 2. The summed E-state index contributed by atoms with van der Waals surface area (Å²) in [4.78, 5) is 85.8. The van der Waals surface area contributed by atoms with Crippen LogP contribution < -0.4 is 43.4 Å². The Morgan fingerprint density at radius 1 is 0.500 bits per heavy atom. The van der Waals surface area contributed by atoms with Gasteiger partial charge in [-0.3, -0.25) is 28.8 Å². The van der Waals surface area contributed by atoms with Crippen LogP contribution in [0.5, 0.6) is 0 Å². The van der Waals surface area contributed by atoms with Gasteiger partial charge in [0, 0.05) is 128 Å². The number of rotatable bonds is 26. The van der Waals surface area contributed by atoms with E-state index in [0.717, 1.165) is 62.7 Å². The van der Waals surface area contributed by atoms with Crippen molar-refractivity contribution >= 4 is 123 Å². The first kappa shape index (κ1) is 81.3. The molecule has 25 heteroatoms. The van der Waals surface area contributed by atoms with Crippen molar-refractivity contribution in [1.29, 1.82) is 0 Å². The number of halogens is 7. The van der Waals surface area contributed by atoms with Gasteiger partial charge in [-0.05, 0) is 179 Å². The van der Waals surface area contributed by atoms with Crippen molar-refractivity contribution < 1.29 is 28.8 Å². The van der Waals surface area contributed by atoms with E-state index in [1.807, 2.05) is 75.4 Å². The second-order valence-corrected chi connectivity index (χ2v) is 29.2. The minimum absolute atomic E-state index is 0.00446. The molecule has 0 spiro atoms. The van der Waals surface area contributed by atoms with E-state index in [-0.39, 0.29) is 83.5 Å². The van der Waals surface area contributed by atoms with E-state index in [0.29, 0.717) is 144 Å². The van der Waals surface area contributed by atoms with Crippen molar-refractivity contribution in [1.82, 2.24) is 51.5 Å². The van der Waals surface area contributed by atoms with Crippen LogP contribution in [-0.2, 0) is 25.7 Å². The quantitative estimate of drug-likeness (QED) is 0.0237. The summed E-state index contributed by atoms with van der Waals surface area (Å²) in [5, 5.41) is 22.5. The van der Waals surface area contributed by atoms with Crippen LogP contribution in [0.25, 0.3) is 6.08 Å². The summed E-state index contributed by atoms with van der Waals surface area (Å²) >= 11 is 42.3. The molecule has 18 nitrogen and oxygen atoms in total. The number of benzene rings is 6. The molecule has 4 fully saturated rings. The van der Waals surface area contributed by atoms with E-state index in [9.17, 15) is 28.8 Å². The van der Waals surface area contributed by atoms with Gasteiger partial charge in [0.15, 0.2) is 0 Å². The van der Waals surface area contributed by atoms with E-state index < -0.39 is 0 Å². The molecule has 0 aliphatic carbocycles. The standard InChI is InChI=1S/C27H35ClN4O2.C25H28Cl4N4O2.C25H32Cl2N4O2/c1-2-21(22-6-4-3-5-7-22)19-32-17-15-24(31-25(14-16-29)27(32)34)18-30-26(33)13-10-20-8-11-23(28)12-9-20;26-18-9-16(10-19(27)12-18)14-33-8-5-20(31-23(25(33)35)15-32-6-1-2-7-32)13-30-24(34)17-3-4-21(28)22(29)11-17;1-2-17(18-6-4-3-5-7-18)16-31-13-11-20(30-23(10-12-28)25(31)33)15-29-24(32)19-8-9-21(26)22(27)14-19/h3-13,21,24-25,31H,2,14-19,29H2,1H3,(H,30,33);3-4,9-12,20,23,31H,1-2,5-8,13-15H2,(H,30,34);3-9,14,17,20,23,30H,2,10-13,15-16,28H2,1H3,(H,29,32)/b13-10+;;/t21?,24-,25-;20-,23-;17?,20-,23-/m000/s1. The molecule has 4 aliphatic rings. The first-order valence-electron chi connectivity index (χ1n) is 35.2. The Bertz CT molecular complexity index is 3710. The van der Waals surface area contributed by atoms with Gasteiger partial charge >= 0.3 is 0 Å². The second kappa shape index (κ2) is 42.0. The molecule has 4 aliphatic heterocycles. The van der Waals surface area contributed by atoms with Crippen molar-refractivity contribution in [3.8, 4) is 0 Å². The molecule has 6 aromatic rings. The Hall–Kier alpha value is -6.33. The Balaban J connectivity index is 0.000000194. The molecule has 4 heterocycles. The lowest BCUT2D eigenvalue weighted by atomic mass is 9.95. The number of likely N-dealkylation sites (tertiary alicyclic amines) is 1. The Kier molecular flexibility index (Phi) is 33.5. The molecular weight excluding hydrogens is 1440 g/mol. The lowest BCUT2D eigenvalue weighted by Crippen LogP contribution is -2.53. The molecule has 548 valence electrons. The van der Waals surface area contributed by atoms with Crippen molar-refractivity contribution in [2.24, 2.45) is 11.5 Å². The SMILES string of the molecule is CCC(CN1CC[C@@H](CNC(=O)/C=C/c2ccc(Cl)cc2)N[C@@H](CCN)C1=O)c1ccccc1.CCC(CN1CC[C@@H](CNC(=O)c2ccc(Cl)c(Cl)c2)N[C@@H](CCN)C1=O)c1ccccc1.O=C(NC[C@@H]1CCN(Cc2cc(Cl)cc(Cl)c2)C(=O)[C@H](CN2CCCC2)N1)c1ccc(Cl)c(Cl)c1. The van der Waals surface area contributed by atoms with E-state index >= 15 is 0 Å². The summed E-state index contributed by atoms with van der Waals surface area (Å²) < 4.78 is 0. The fraction of sp³-hybridized carbons (Fsp3) is 0.429. The molecule has 6 amide bonds. The molecule has 10 N–H and O–H groups in total. The Labute approximate surface area is 635 Å². The van der Waals surface area contributed by atoms with E-state index in [4.69, 9.17) is 92.7 Å². The highest BCUT2D eigenvalue weighted by Gasteiger charge is 2.36. The topological polar surface area (TPSA) is 240 Å². The summed E-state index contributed by atoms with van der Waals surface area (Å²) in [5.74, 6) is 0.152. The number of hydrogen-bond donors (Lipinski definition) is 8. The van der Waals surface area contributed by atoms with Crippen LogP contribution in [0.1, 0.15) is 126 Å². The predicted octanol–water partition coefficient (Wildman–Crippen LogP) is 12.3. The predicted molar refractivity (Wildman–Crippen MR) is 414 cm³/mol. The van der Waals surface area contributed by atoms with Gasteiger partial charge in [-0.15, -0.1) is 0 Å². The molecule has 6 aromatic carbocycles. The lowest BCUT2D eigenvalue weighted by Gasteiger charge is -2.28. The first-order chi connectivity index (χ1) is 49.2. The first-order valence-corrected chi connectivity index (χ1v) is 37.8. The molecule has 10 rings (SSSR count). The van der Waals surface area contributed by atoms with Crippen LogP contribution in [0.3, 0.4) is 0 Å². The zero-order valence-electron chi connectivity index (χ0n) is 57.9. The van der Waals surface area contributed by atoms with Gasteiger partial charge < -0.3 is 63.0 Å². The van der Waals surface area contributed by atoms with Crippen LogP contribution >= 0.6 is 81.2 Å². The number of hydrogen-bond acceptors (Lipinski definition) is 12. The Morgan fingerprint density at radius 2 is 0.931 bits per heavy atom. The van der Waals surface area contributed by atoms with E-state index in [2.05, 4.69) is 74.9 Å². The zero-order valence-corrected chi connectivity index (χ0v) is 63.1. The number of amides is 6. The highest BCUT2D eigenvalue weighted by Crippen LogP contribution is 2.28. The molecule has 0 aromatic heterocycles. The largest absolute Gasteiger partial charge is 0.351 e. The second-order valence-electron chi connectivity index (χ2n) is 26.2. The van der Waals surface area contributed by atoms with Crippen LogP contribution in [-0.4, -0.2) is 176 Å². The number of carbonyl (C=O) groups excluding carboxylic acids is 6. The molecule has 2 unspecified atom stereocenters. The maximum absolute atomic E-state index is 13.5. The van der Waals surface area contributed by atoms with Crippen LogP contribution in [0, 0.1) is 0 Å². The fourth-order valence-electron chi connectivity index (χ4n) is 13.1. The van der Waals surface area contributed by atoms with Crippen molar-refractivity contribution in [2.45, 2.75) is 126 Å². The molecule has 102 heavy (non-hydrogen) atoms. The van der Waals surface area contributed by atoms with Gasteiger partial charge in [-0.25, -0.2) is 0 Å². The average molecular weight is 1530 g/mol. The van der Waals surface area contributed by atoms with Gasteiger partial charge in [-0.2, -0.15) is 0 Å². The third-order valence-corrected chi connectivity index (χ3v) is 21.0. The van der Waals surface area contributed by atoms with E-state index in [1.54, 1.807) is 60.7 Å². The van der Waals surface area contributed by atoms with Gasteiger partial charge in [-0.1, -0.05) is 168 Å². The van der Waals surface area contributed by atoms with Crippen LogP contribution in [0.4, 0.5) is 0 Å². The fourth-order valence-corrected chi connectivity index (χ4v) is 14.4. The molecular formula is C77H95Cl7N12O6. The third-order valence-electron chi connectivity index (χ3n) is 18.8. The van der Waals surface area contributed by atoms with Crippen molar-refractivity contribution in [2.75, 3.05) is 85.1 Å². The number of nitrogens with one attached hydrogen (secondary N) is 6. The third kappa shape index (κ3) is 25.5. The summed E-state index contributed by atoms with van der Waals surface area (Å²) in [5.41, 5.74) is 16.8. The smallest absolute Gasteiger partial charge is 0.251 e. The molecule has 0 bridgehead atoms. The van der Waals surface area contributed by atoms with E-state index in [1.165, 1.54) is 17.2 Å². The highest BCUT2D eigenvalue weighted by molar-refractivity contribution is 6.42.